The topological polar surface area (TPSA) is 23.5 Å². The van der Waals surface area contributed by atoms with Gasteiger partial charge in [0.1, 0.15) is 0 Å². The van der Waals surface area contributed by atoms with Crippen LogP contribution in [0.3, 0.4) is 0 Å². The summed E-state index contributed by atoms with van der Waals surface area (Å²) in [5.74, 6) is 0.472. The summed E-state index contributed by atoms with van der Waals surface area (Å²) in [6.45, 7) is 6.81. The molecule has 3 atom stereocenters. The number of hydrogen-bond donors (Lipinski definition) is 1. The zero-order valence-corrected chi connectivity index (χ0v) is 9.17. The predicted molar refractivity (Wildman–Crippen MR) is 53.6 cm³/mol. The smallest absolute Gasteiger partial charge is 0.0603 e. The second-order valence-electron chi connectivity index (χ2n) is 5.63. The van der Waals surface area contributed by atoms with Crippen LogP contribution in [-0.2, 0) is 0 Å². The van der Waals surface area contributed by atoms with E-state index < -0.39 is 0 Å². The van der Waals surface area contributed by atoms with E-state index >= 15 is 0 Å². The van der Waals surface area contributed by atoms with Crippen molar-refractivity contribution in [3.05, 3.63) is 0 Å². The maximum Gasteiger partial charge on any atom is 0.0603 e. The van der Waals surface area contributed by atoms with Gasteiger partial charge in [-0.3, -0.25) is 4.90 Å². The fourth-order valence-electron chi connectivity index (χ4n) is 3.43. The van der Waals surface area contributed by atoms with Crippen LogP contribution in [0.1, 0.15) is 40.0 Å². The largest absolute Gasteiger partial charge is 0.393 e. The van der Waals surface area contributed by atoms with Gasteiger partial charge in [0.2, 0.25) is 0 Å². The summed E-state index contributed by atoms with van der Waals surface area (Å²) in [7, 11) is 2.21. The van der Waals surface area contributed by atoms with Crippen molar-refractivity contribution in [3.63, 3.8) is 0 Å². The van der Waals surface area contributed by atoms with Gasteiger partial charge in [0.05, 0.1) is 6.10 Å². The first kappa shape index (κ1) is 9.47. The Morgan fingerprint density at radius 1 is 1.31 bits per heavy atom. The van der Waals surface area contributed by atoms with E-state index in [-0.39, 0.29) is 17.2 Å². The molecule has 2 bridgehead atoms. The first-order chi connectivity index (χ1) is 5.88. The van der Waals surface area contributed by atoms with E-state index in [9.17, 15) is 5.11 Å². The quantitative estimate of drug-likeness (QED) is 0.617. The lowest BCUT2D eigenvalue weighted by molar-refractivity contribution is -0.160. The van der Waals surface area contributed by atoms with Crippen molar-refractivity contribution in [2.24, 2.45) is 5.92 Å². The minimum absolute atomic E-state index is 0.0788. The highest BCUT2D eigenvalue weighted by atomic mass is 16.3. The lowest BCUT2D eigenvalue weighted by atomic mass is 9.61. The van der Waals surface area contributed by atoms with Crippen LogP contribution < -0.4 is 0 Å². The molecule has 76 valence electrons. The molecule has 1 aliphatic carbocycles. The molecule has 1 N–H and O–H groups in total. The van der Waals surface area contributed by atoms with Crippen LogP contribution in [0.2, 0.25) is 0 Å². The lowest BCUT2D eigenvalue weighted by Gasteiger charge is -2.63. The van der Waals surface area contributed by atoms with E-state index in [4.69, 9.17) is 0 Å². The van der Waals surface area contributed by atoms with Crippen LogP contribution in [-0.4, -0.2) is 34.2 Å². The molecule has 3 rings (SSSR count). The lowest BCUT2D eigenvalue weighted by Crippen LogP contribution is -2.69. The van der Waals surface area contributed by atoms with Crippen LogP contribution in [0.15, 0.2) is 0 Å². The van der Waals surface area contributed by atoms with Crippen molar-refractivity contribution in [3.8, 4) is 0 Å². The van der Waals surface area contributed by atoms with Crippen LogP contribution in [0.25, 0.3) is 0 Å². The van der Waals surface area contributed by atoms with Gasteiger partial charge in [0, 0.05) is 17.0 Å². The summed E-state index contributed by atoms with van der Waals surface area (Å²) in [5.41, 5.74) is 0.405. The minimum Gasteiger partial charge on any atom is -0.393 e. The Balaban J connectivity index is 2.36. The monoisotopic (exact) mass is 183 g/mol. The normalized spacial score (nSPS) is 49.6. The van der Waals surface area contributed by atoms with Crippen LogP contribution in [0, 0.1) is 5.92 Å². The van der Waals surface area contributed by atoms with Crippen molar-refractivity contribution in [1.29, 1.82) is 0 Å². The highest BCUT2D eigenvalue weighted by Crippen LogP contribution is 2.50. The SMILES string of the molecule is CN1C2(C)CCC(C(O)C2)C1(C)C. The molecule has 0 radical (unpaired) electrons. The van der Waals surface area contributed by atoms with Gasteiger partial charge in [0.25, 0.3) is 0 Å². The molecule has 2 heterocycles. The van der Waals surface area contributed by atoms with Gasteiger partial charge in [-0.15, -0.1) is 0 Å². The van der Waals surface area contributed by atoms with E-state index in [0.717, 1.165) is 6.42 Å². The number of aliphatic hydroxyl groups excluding tert-OH is 1. The average Bonchev–Trinajstić information content (AvgIpc) is 1.99. The first-order valence-corrected chi connectivity index (χ1v) is 5.30. The molecular weight excluding hydrogens is 162 g/mol. The molecule has 3 aliphatic rings. The zero-order valence-electron chi connectivity index (χ0n) is 9.17. The zero-order chi connectivity index (χ0) is 9.85. The Labute approximate surface area is 80.9 Å². The summed E-state index contributed by atoms with van der Waals surface area (Å²) >= 11 is 0. The van der Waals surface area contributed by atoms with E-state index in [1.165, 1.54) is 12.8 Å². The number of piperidine rings is 2. The number of hydrogen-bond acceptors (Lipinski definition) is 2. The van der Waals surface area contributed by atoms with Gasteiger partial charge in [-0.25, -0.2) is 0 Å². The molecule has 3 fully saturated rings. The Morgan fingerprint density at radius 3 is 2.38 bits per heavy atom. The van der Waals surface area contributed by atoms with Crippen molar-refractivity contribution < 1.29 is 5.11 Å². The Bertz CT molecular complexity index is 217. The van der Waals surface area contributed by atoms with Crippen LogP contribution >= 0.6 is 0 Å². The molecule has 0 amide bonds. The summed E-state index contributed by atoms with van der Waals surface area (Å²) in [4.78, 5) is 2.47. The summed E-state index contributed by atoms with van der Waals surface area (Å²) in [6.07, 6.45) is 3.31. The van der Waals surface area contributed by atoms with Gasteiger partial charge in [-0.2, -0.15) is 0 Å². The Kier molecular flexibility index (Phi) is 1.81. The summed E-state index contributed by atoms with van der Waals surface area (Å²) < 4.78 is 0. The molecule has 13 heavy (non-hydrogen) atoms. The van der Waals surface area contributed by atoms with Crippen LogP contribution in [0.5, 0.6) is 0 Å². The molecule has 0 spiro atoms. The van der Waals surface area contributed by atoms with Crippen molar-refractivity contribution in [2.75, 3.05) is 7.05 Å². The first-order valence-electron chi connectivity index (χ1n) is 5.30. The van der Waals surface area contributed by atoms with E-state index in [2.05, 4.69) is 32.7 Å². The molecule has 2 aliphatic heterocycles. The molecular formula is C11H21NO. The molecule has 0 aromatic heterocycles. The number of nitrogens with zero attached hydrogens (tertiary/aromatic N) is 1. The highest BCUT2D eigenvalue weighted by molar-refractivity contribution is 5.10. The molecule has 2 nitrogen and oxygen atoms in total. The third kappa shape index (κ3) is 1.08. The molecule has 0 aromatic rings. The van der Waals surface area contributed by atoms with E-state index in [0.29, 0.717) is 5.92 Å². The average molecular weight is 183 g/mol. The second-order valence-corrected chi connectivity index (χ2v) is 5.63. The van der Waals surface area contributed by atoms with Crippen molar-refractivity contribution >= 4 is 0 Å². The van der Waals surface area contributed by atoms with Gasteiger partial charge >= 0.3 is 0 Å². The maximum atomic E-state index is 9.99. The van der Waals surface area contributed by atoms with Gasteiger partial charge < -0.3 is 5.11 Å². The fourth-order valence-corrected chi connectivity index (χ4v) is 3.43. The number of rotatable bonds is 0. The Morgan fingerprint density at radius 2 is 1.92 bits per heavy atom. The van der Waals surface area contributed by atoms with Gasteiger partial charge in [0.15, 0.2) is 0 Å². The Hall–Kier alpha value is -0.0800. The van der Waals surface area contributed by atoms with Crippen molar-refractivity contribution in [1.82, 2.24) is 4.90 Å². The minimum atomic E-state index is -0.0788. The molecule has 0 aromatic carbocycles. The third-order valence-corrected chi connectivity index (χ3v) is 4.69. The molecule has 1 saturated carbocycles. The van der Waals surface area contributed by atoms with E-state index in [1.54, 1.807) is 0 Å². The summed E-state index contributed by atoms with van der Waals surface area (Å²) in [5, 5.41) is 9.99. The predicted octanol–water partition coefficient (Wildman–Crippen LogP) is 1.63. The second kappa shape index (κ2) is 2.48. The van der Waals surface area contributed by atoms with Gasteiger partial charge in [-0.1, -0.05) is 0 Å². The standard InChI is InChI=1S/C11H21NO/c1-10(2)8-5-6-11(3,12(10)4)7-9(8)13/h8-9,13H,5-7H2,1-4H3. The molecule has 2 saturated heterocycles. The third-order valence-electron chi connectivity index (χ3n) is 4.69. The maximum absolute atomic E-state index is 9.99. The van der Waals surface area contributed by atoms with Crippen molar-refractivity contribution in [2.45, 2.75) is 57.2 Å². The molecule has 2 heteroatoms. The number of aliphatic hydroxyl groups is 1. The fraction of sp³-hybridized carbons (Fsp3) is 1.00. The van der Waals surface area contributed by atoms with E-state index in [1.807, 2.05) is 0 Å². The summed E-state index contributed by atoms with van der Waals surface area (Å²) in [6, 6.07) is 0. The van der Waals surface area contributed by atoms with Crippen LogP contribution in [0.4, 0.5) is 0 Å². The van der Waals surface area contributed by atoms with Gasteiger partial charge in [-0.05, 0) is 47.1 Å². The highest BCUT2D eigenvalue weighted by Gasteiger charge is 2.55. The number of fused-ring (bicyclic) bond motifs is 3. The molecule has 3 unspecified atom stereocenters.